The predicted octanol–water partition coefficient (Wildman–Crippen LogP) is 2.97. The summed E-state index contributed by atoms with van der Waals surface area (Å²) in [4.78, 5) is 0. The number of hydrogen-bond acceptors (Lipinski definition) is 2. The summed E-state index contributed by atoms with van der Waals surface area (Å²) in [6, 6.07) is 8.51. The van der Waals surface area contributed by atoms with Crippen LogP contribution in [0.25, 0.3) is 0 Å². The fourth-order valence-corrected chi connectivity index (χ4v) is 1.66. The van der Waals surface area contributed by atoms with Crippen LogP contribution in [0, 0.1) is 5.82 Å². The van der Waals surface area contributed by atoms with E-state index in [-0.39, 0.29) is 5.82 Å². The second kappa shape index (κ2) is 4.49. The number of nitrogens with zero attached hydrogens (tertiary/aromatic N) is 2. The van der Waals surface area contributed by atoms with Gasteiger partial charge >= 0.3 is 0 Å². The van der Waals surface area contributed by atoms with Gasteiger partial charge in [0.2, 0.25) is 0 Å². The van der Waals surface area contributed by atoms with Crippen molar-refractivity contribution in [3.63, 3.8) is 0 Å². The molecule has 0 spiro atoms. The maximum absolute atomic E-state index is 13.3. The van der Waals surface area contributed by atoms with Crippen molar-refractivity contribution < 1.29 is 4.39 Å². The van der Waals surface area contributed by atoms with Gasteiger partial charge in [-0.15, -0.1) is 0 Å². The third-order valence-electron chi connectivity index (χ3n) is 2.00. The van der Waals surface area contributed by atoms with Crippen LogP contribution in [0.3, 0.4) is 0 Å². The molecule has 2 nitrogen and oxygen atoms in total. The second-order valence-corrected chi connectivity index (χ2v) is 4.05. The Morgan fingerprint density at radius 2 is 2.07 bits per heavy atom. The average molecular weight is 267 g/mol. The minimum Gasteiger partial charge on any atom is -0.207 e. The molecule has 0 aliphatic carbocycles. The van der Waals surface area contributed by atoms with E-state index in [1.807, 2.05) is 12.1 Å². The standard InChI is InChI=1S/C11H8BrFN2/c12-9-6-10(15-14-7-9)5-8-3-1-2-4-11(8)13/h1-4,6-7H,5H2. The molecule has 2 rings (SSSR count). The van der Waals surface area contributed by atoms with Gasteiger partial charge in [-0.25, -0.2) is 4.39 Å². The second-order valence-electron chi connectivity index (χ2n) is 3.13. The molecule has 1 aromatic carbocycles. The minimum atomic E-state index is -0.209. The van der Waals surface area contributed by atoms with Crippen LogP contribution in [0.2, 0.25) is 0 Å². The Morgan fingerprint density at radius 3 is 2.80 bits per heavy atom. The molecule has 0 aliphatic heterocycles. The third kappa shape index (κ3) is 2.59. The summed E-state index contributed by atoms with van der Waals surface area (Å²) in [5, 5.41) is 7.72. The lowest BCUT2D eigenvalue weighted by molar-refractivity contribution is 0.612. The van der Waals surface area contributed by atoms with Gasteiger partial charge in [-0.2, -0.15) is 10.2 Å². The summed E-state index contributed by atoms with van der Waals surface area (Å²) in [5.74, 6) is -0.209. The predicted molar refractivity (Wildman–Crippen MR) is 58.9 cm³/mol. The molecule has 1 aromatic heterocycles. The Labute approximate surface area is 95.3 Å². The normalized spacial score (nSPS) is 10.3. The SMILES string of the molecule is Fc1ccccc1Cc1cc(Br)cnn1. The van der Waals surface area contributed by atoms with Crippen LogP contribution in [0.4, 0.5) is 4.39 Å². The Hall–Kier alpha value is -1.29. The van der Waals surface area contributed by atoms with Crippen molar-refractivity contribution in [3.05, 3.63) is 58.1 Å². The highest BCUT2D eigenvalue weighted by atomic mass is 79.9. The van der Waals surface area contributed by atoms with Crippen LogP contribution < -0.4 is 0 Å². The highest BCUT2D eigenvalue weighted by Gasteiger charge is 2.03. The number of rotatable bonds is 2. The van der Waals surface area contributed by atoms with E-state index in [4.69, 9.17) is 0 Å². The molecule has 0 atom stereocenters. The summed E-state index contributed by atoms with van der Waals surface area (Å²) in [6.45, 7) is 0. The van der Waals surface area contributed by atoms with Crippen molar-refractivity contribution in [2.24, 2.45) is 0 Å². The van der Waals surface area contributed by atoms with Crippen LogP contribution in [0.15, 0.2) is 41.0 Å². The topological polar surface area (TPSA) is 25.8 Å². The van der Waals surface area contributed by atoms with Gasteiger partial charge in [0.25, 0.3) is 0 Å². The molecular formula is C11H8BrFN2. The molecule has 4 heteroatoms. The minimum absolute atomic E-state index is 0.209. The Morgan fingerprint density at radius 1 is 1.27 bits per heavy atom. The lowest BCUT2D eigenvalue weighted by Gasteiger charge is -2.01. The first-order chi connectivity index (χ1) is 7.25. The van der Waals surface area contributed by atoms with Crippen LogP contribution in [-0.4, -0.2) is 10.2 Å². The first-order valence-electron chi connectivity index (χ1n) is 4.46. The Kier molecular flexibility index (Phi) is 3.06. The number of hydrogen-bond donors (Lipinski definition) is 0. The Bertz CT molecular complexity index is 474. The number of aromatic nitrogens is 2. The van der Waals surface area contributed by atoms with Crippen LogP contribution in [0.1, 0.15) is 11.3 Å². The van der Waals surface area contributed by atoms with Gasteiger partial charge in [0.1, 0.15) is 5.82 Å². The van der Waals surface area contributed by atoms with Gasteiger partial charge in [0, 0.05) is 10.9 Å². The van der Waals surface area contributed by atoms with Crippen molar-refractivity contribution in [2.45, 2.75) is 6.42 Å². The smallest absolute Gasteiger partial charge is 0.126 e. The maximum Gasteiger partial charge on any atom is 0.126 e. The Balaban J connectivity index is 2.26. The summed E-state index contributed by atoms with van der Waals surface area (Å²) in [7, 11) is 0. The van der Waals surface area contributed by atoms with Crippen molar-refractivity contribution in [3.8, 4) is 0 Å². The van der Waals surface area contributed by atoms with Gasteiger partial charge < -0.3 is 0 Å². The molecule has 0 aliphatic rings. The van der Waals surface area contributed by atoms with Crippen molar-refractivity contribution in [1.29, 1.82) is 0 Å². The summed E-state index contributed by atoms with van der Waals surface area (Å²) in [6.07, 6.45) is 2.06. The molecule has 76 valence electrons. The quantitative estimate of drug-likeness (QED) is 0.836. The summed E-state index contributed by atoms with van der Waals surface area (Å²) >= 11 is 3.30. The first kappa shape index (κ1) is 10.2. The molecule has 0 saturated heterocycles. The van der Waals surface area contributed by atoms with Gasteiger partial charge in [0.15, 0.2) is 0 Å². The molecule has 0 radical (unpaired) electrons. The van der Waals surface area contributed by atoms with Gasteiger partial charge in [0.05, 0.1) is 11.9 Å². The van der Waals surface area contributed by atoms with Gasteiger partial charge in [-0.1, -0.05) is 18.2 Å². The fraction of sp³-hybridized carbons (Fsp3) is 0.0909. The maximum atomic E-state index is 13.3. The lowest BCUT2D eigenvalue weighted by atomic mass is 10.1. The molecule has 15 heavy (non-hydrogen) atoms. The van der Waals surface area contributed by atoms with Crippen molar-refractivity contribution in [2.75, 3.05) is 0 Å². The van der Waals surface area contributed by atoms with E-state index >= 15 is 0 Å². The van der Waals surface area contributed by atoms with Gasteiger partial charge in [-0.05, 0) is 33.6 Å². The number of benzene rings is 1. The lowest BCUT2D eigenvalue weighted by Crippen LogP contribution is -1.96. The molecule has 0 amide bonds. The molecule has 0 saturated carbocycles. The molecule has 2 aromatic rings. The summed E-state index contributed by atoms with van der Waals surface area (Å²) < 4.78 is 14.2. The third-order valence-corrected chi connectivity index (χ3v) is 2.43. The summed E-state index contributed by atoms with van der Waals surface area (Å²) in [5.41, 5.74) is 1.37. The monoisotopic (exact) mass is 266 g/mol. The zero-order valence-corrected chi connectivity index (χ0v) is 9.41. The molecule has 0 fully saturated rings. The first-order valence-corrected chi connectivity index (χ1v) is 5.25. The van der Waals surface area contributed by atoms with Gasteiger partial charge in [-0.3, -0.25) is 0 Å². The van der Waals surface area contributed by atoms with E-state index in [0.29, 0.717) is 12.0 Å². The van der Waals surface area contributed by atoms with E-state index in [9.17, 15) is 4.39 Å². The van der Waals surface area contributed by atoms with Crippen molar-refractivity contribution in [1.82, 2.24) is 10.2 Å². The highest BCUT2D eigenvalue weighted by Crippen LogP contribution is 2.13. The fourth-order valence-electron chi connectivity index (χ4n) is 1.31. The van der Waals surface area contributed by atoms with Crippen LogP contribution in [0.5, 0.6) is 0 Å². The number of halogens is 2. The van der Waals surface area contributed by atoms with E-state index in [1.54, 1.807) is 18.3 Å². The van der Waals surface area contributed by atoms with Crippen LogP contribution in [-0.2, 0) is 6.42 Å². The van der Waals surface area contributed by atoms with E-state index in [2.05, 4.69) is 26.1 Å². The zero-order valence-electron chi connectivity index (χ0n) is 7.82. The molecule has 0 N–H and O–H groups in total. The van der Waals surface area contributed by atoms with Crippen LogP contribution >= 0.6 is 15.9 Å². The largest absolute Gasteiger partial charge is 0.207 e. The molecule has 0 unspecified atom stereocenters. The van der Waals surface area contributed by atoms with E-state index in [0.717, 1.165) is 10.2 Å². The molecular weight excluding hydrogens is 259 g/mol. The average Bonchev–Trinajstić information content (AvgIpc) is 2.22. The molecule has 0 bridgehead atoms. The van der Waals surface area contributed by atoms with Crippen molar-refractivity contribution >= 4 is 15.9 Å². The highest BCUT2D eigenvalue weighted by molar-refractivity contribution is 9.10. The zero-order chi connectivity index (χ0) is 10.7. The van der Waals surface area contributed by atoms with E-state index < -0.39 is 0 Å². The van der Waals surface area contributed by atoms with E-state index in [1.165, 1.54) is 6.07 Å². The molecule has 1 heterocycles.